The molecule has 2 heterocycles. The zero-order chi connectivity index (χ0) is 20.2. The summed E-state index contributed by atoms with van der Waals surface area (Å²) in [4.78, 5) is 35.3. The Kier molecular flexibility index (Phi) is 3.84. The molecule has 4 rings (SSSR count). The predicted molar refractivity (Wildman–Crippen MR) is 92.1 cm³/mol. The van der Waals surface area contributed by atoms with Crippen LogP contribution >= 0.6 is 0 Å². The van der Waals surface area contributed by atoms with Gasteiger partial charge in [0.2, 0.25) is 11.2 Å². The van der Waals surface area contributed by atoms with Gasteiger partial charge in [0.15, 0.2) is 17.3 Å². The van der Waals surface area contributed by atoms with Crippen LogP contribution in [0.25, 0.3) is 16.6 Å². The zero-order valence-corrected chi connectivity index (χ0v) is 14.2. The molecule has 0 bridgehead atoms. The van der Waals surface area contributed by atoms with Gasteiger partial charge in [0.05, 0.1) is 22.6 Å². The average Bonchev–Trinajstić information content (AvgIpc) is 2.67. The first-order valence-electron chi connectivity index (χ1n) is 8.04. The molecule has 2 aromatic carbocycles. The molecule has 1 aromatic heterocycles. The largest absolute Gasteiger partial charge is 0.462 e. The standard InChI is InChI=1S/C18H10F2N2O6/c1-2-27-18(24)10-7-21-12-5-8(22(25)26)3-4-13(12)28-17-14(20)11(19)6-9(15(17)21)16(10)23/h3-7H,2H2,1H3. The number of nitrogens with zero attached hydrogens (tertiary/aromatic N) is 2. The van der Waals surface area contributed by atoms with E-state index in [0.717, 1.165) is 18.3 Å². The third kappa shape index (κ3) is 2.42. The van der Waals surface area contributed by atoms with Crippen molar-refractivity contribution in [3.05, 3.63) is 68.0 Å². The number of carbonyl (C=O) groups is 1. The lowest BCUT2D eigenvalue weighted by atomic mass is 10.1. The molecule has 0 saturated carbocycles. The van der Waals surface area contributed by atoms with Gasteiger partial charge in [-0.1, -0.05) is 0 Å². The zero-order valence-electron chi connectivity index (χ0n) is 14.2. The second-order valence-electron chi connectivity index (χ2n) is 5.87. The van der Waals surface area contributed by atoms with E-state index in [2.05, 4.69) is 0 Å². The molecule has 1 aliphatic heterocycles. The lowest BCUT2D eigenvalue weighted by Crippen LogP contribution is -2.22. The molecule has 0 aliphatic carbocycles. The van der Waals surface area contributed by atoms with E-state index < -0.39 is 39.3 Å². The molecular formula is C18H10F2N2O6. The quantitative estimate of drug-likeness (QED) is 0.303. The minimum absolute atomic E-state index is 0.00942. The third-order valence-electron chi connectivity index (χ3n) is 4.26. The first kappa shape index (κ1) is 17.6. The number of esters is 1. The molecule has 1 aliphatic rings. The van der Waals surface area contributed by atoms with Crippen LogP contribution in [0.4, 0.5) is 14.5 Å². The molecule has 142 valence electrons. The lowest BCUT2D eigenvalue weighted by molar-refractivity contribution is -0.384. The SMILES string of the molecule is CCOC(=O)c1cn2c3c(c(F)c(F)cc3c1=O)Oc1ccc([N+](=O)[O-])cc1-2. The van der Waals surface area contributed by atoms with E-state index in [1.807, 2.05) is 0 Å². The van der Waals surface area contributed by atoms with Gasteiger partial charge >= 0.3 is 5.97 Å². The van der Waals surface area contributed by atoms with Crippen LogP contribution < -0.4 is 10.2 Å². The molecule has 0 fully saturated rings. The van der Waals surface area contributed by atoms with Crippen LogP contribution in [0.15, 0.2) is 35.3 Å². The summed E-state index contributed by atoms with van der Waals surface area (Å²) in [5, 5.41) is 10.8. The monoisotopic (exact) mass is 388 g/mol. The highest BCUT2D eigenvalue weighted by Gasteiger charge is 2.29. The van der Waals surface area contributed by atoms with Gasteiger partial charge in [-0.05, 0) is 19.1 Å². The maximum absolute atomic E-state index is 14.3. The number of ether oxygens (including phenoxy) is 2. The van der Waals surface area contributed by atoms with Crippen molar-refractivity contribution in [2.24, 2.45) is 0 Å². The minimum Gasteiger partial charge on any atom is -0.462 e. The molecule has 0 atom stereocenters. The molecule has 10 heteroatoms. The minimum atomic E-state index is -1.34. The summed E-state index contributed by atoms with van der Waals surface area (Å²) in [7, 11) is 0. The van der Waals surface area contributed by atoms with E-state index in [1.54, 1.807) is 6.92 Å². The number of nitro groups is 1. The fourth-order valence-electron chi connectivity index (χ4n) is 3.04. The van der Waals surface area contributed by atoms with Crippen LogP contribution in [-0.4, -0.2) is 22.1 Å². The van der Waals surface area contributed by atoms with Crippen LogP contribution in [0.3, 0.4) is 0 Å². The number of fused-ring (bicyclic) bond motifs is 2. The summed E-state index contributed by atoms with van der Waals surface area (Å²) in [6.45, 7) is 1.53. The summed E-state index contributed by atoms with van der Waals surface area (Å²) in [6.07, 6.45) is 1.08. The Hall–Kier alpha value is -3.82. The van der Waals surface area contributed by atoms with E-state index in [1.165, 1.54) is 10.6 Å². The lowest BCUT2D eigenvalue weighted by Gasteiger charge is -2.24. The highest BCUT2D eigenvalue weighted by molar-refractivity contribution is 5.97. The Morgan fingerprint density at radius 3 is 2.75 bits per heavy atom. The predicted octanol–water partition coefficient (Wildman–Crippen LogP) is 3.46. The van der Waals surface area contributed by atoms with Crippen LogP contribution in [0, 0.1) is 21.7 Å². The maximum atomic E-state index is 14.3. The Bertz CT molecular complexity index is 1250. The number of carbonyl (C=O) groups excluding carboxylic acids is 1. The number of hydrogen-bond acceptors (Lipinski definition) is 6. The van der Waals surface area contributed by atoms with Gasteiger partial charge in [-0.25, -0.2) is 9.18 Å². The second-order valence-corrected chi connectivity index (χ2v) is 5.87. The average molecular weight is 388 g/mol. The molecule has 0 amide bonds. The van der Waals surface area contributed by atoms with Crippen molar-refractivity contribution in [2.75, 3.05) is 6.61 Å². The molecule has 8 nitrogen and oxygen atoms in total. The summed E-state index contributed by atoms with van der Waals surface area (Å²) in [5.41, 5.74) is -1.65. The molecule has 0 spiro atoms. The molecule has 3 aromatic rings. The Morgan fingerprint density at radius 2 is 2.07 bits per heavy atom. The summed E-state index contributed by atoms with van der Waals surface area (Å²) in [5.74, 6) is -4.18. The Balaban J connectivity index is 2.15. The number of nitro benzene ring substituents is 1. The second kappa shape index (κ2) is 6.12. The smallest absolute Gasteiger partial charge is 0.343 e. The highest BCUT2D eigenvalue weighted by Crippen LogP contribution is 2.43. The van der Waals surface area contributed by atoms with Gasteiger partial charge in [-0.2, -0.15) is 4.39 Å². The molecular weight excluding hydrogens is 378 g/mol. The number of non-ortho nitro benzene ring substituents is 1. The molecule has 0 unspecified atom stereocenters. The van der Waals surface area contributed by atoms with Crippen molar-refractivity contribution in [2.45, 2.75) is 6.92 Å². The number of hydrogen-bond donors (Lipinski definition) is 0. The molecule has 0 N–H and O–H groups in total. The first-order chi connectivity index (χ1) is 13.3. The van der Waals surface area contributed by atoms with Crippen molar-refractivity contribution >= 4 is 22.6 Å². The number of aromatic nitrogens is 1. The van der Waals surface area contributed by atoms with E-state index >= 15 is 0 Å². The number of rotatable bonds is 3. The van der Waals surface area contributed by atoms with Crippen LogP contribution in [0.2, 0.25) is 0 Å². The van der Waals surface area contributed by atoms with Gasteiger partial charge in [0.1, 0.15) is 11.1 Å². The fourth-order valence-corrected chi connectivity index (χ4v) is 3.04. The van der Waals surface area contributed by atoms with E-state index in [4.69, 9.17) is 9.47 Å². The molecule has 28 heavy (non-hydrogen) atoms. The van der Waals surface area contributed by atoms with Crippen molar-refractivity contribution in [3.8, 4) is 17.2 Å². The van der Waals surface area contributed by atoms with Crippen molar-refractivity contribution in [3.63, 3.8) is 0 Å². The van der Waals surface area contributed by atoms with E-state index in [-0.39, 0.29) is 34.6 Å². The Morgan fingerprint density at radius 1 is 1.32 bits per heavy atom. The summed E-state index contributed by atoms with van der Waals surface area (Å²) < 4.78 is 39.8. The molecule has 0 radical (unpaired) electrons. The van der Waals surface area contributed by atoms with Crippen LogP contribution in [0.1, 0.15) is 17.3 Å². The van der Waals surface area contributed by atoms with Crippen molar-refractivity contribution in [1.82, 2.24) is 4.57 Å². The Labute approximate surface area is 154 Å². The molecule has 0 saturated heterocycles. The maximum Gasteiger partial charge on any atom is 0.343 e. The first-order valence-corrected chi connectivity index (χ1v) is 8.04. The van der Waals surface area contributed by atoms with E-state index in [0.29, 0.717) is 6.07 Å². The van der Waals surface area contributed by atoms with Gasteiger partial charge in [-0.3, -0.25) is 14.9 Å². The van der Waals surface area contributed by atoms with Crippen molar-refractivity contribution in [1.29, 1.82) is 0 Å². The van der Waals surface area contributed by atoms with Crippen molar-refractivity contribution < 1.29 is 28.0 Å². The van der Waals surface area contributed by atoms with Gasteiger partial charge < -0.3 is 14.0 Å². The topological polar surface area (TPSA) is 101 Å². The van der Waals surface area contributed by atoms with Gasteiger partial charge in [-0.15, -0.1) is 0 Å². The number of halogens is 2. The van der Waals surface area contributed by atoms with Gasteiger partial charge in [0, 0.05) is 18.3 Å². The number of pyridine rings is 1. The highest BCUT2D eigenvalue weighted by atomic mass is 19.2. The van der Waals surface area contributed by atoms with Crippen LogP contribution in [-0.2, 0) is 4.74 Å². The third-order valence-corrected chi connectivity index (χ3v) is 4.26. The normalized spacial score (nSPS) is 11.7. The van der Waals surface area contributed by atoms with Crippen LogP contribution in [0.5, 0.6) is 11.5 Å². The summed E-state index contributed by atoms with van der Waals surface area (Å²) >= 11 is 0. The van der Waals surface area contributed by atoms with E-state index in [9.17, 15) is 28.5 Å². The van der Waals surface area contributed by atoms with Gasteiger partial charge in [0.25, 0.3) is 5.69 Å². The fraction of sp³-hybridized carbons (Fsp3) is 0.111. The number of benzene rings is 2. The summed E-state index contributed by atoms with van der Waals surface area (Å²) in [6, 6.07) is 4.14.